The Morgan fingerprint density at radius 1 is 1.28 bits per heavy atom. The van der Waals surface area contributed by atoms with E-state index in [-0.39, 0.29) is 5.97 Å². The second-order valence-electron chi connectivity index (χ2n) is 4.99. The molecule has 0 aliphatic carbocycles. The third kappa shape index (κ3) is 6.36. The first-order valence-corrected chi connectivity index (χ1v) is 7.11. The first-order valence-electron chi connectivity index (χ1n) is 7.11. The van der Waals surface area contributed by atoms with Crippen molar-refractivity contribution >= 4 is 5.97 Å². The monoisotopic (exact) mass is 258 g/mol. The van der Waals surface area contributed by atoms with Gasteiger partial charge in [0.05, 0.1) is 6.61 Å². The summed E-state index contributed by atoms with van der Waals surface area (Å²) >= 11 is 0. The van der Waals surface area contributed by atoms with Gasteiger partial charge in [0.1, 0.15) is 5.54 Å². The van der Waals surface area contributed by atoms with Crippen LogP contribution in [0.5, 0.6) is 0 Å². The van der Waals surface area contributed by atoms with Crippen LogP contribution in [-0.4, -0.2) is 49.7 Å². The number of rotatable bonds is 10. The van der Waals surface area contributed by atoms with E-state index in [1.54, 1.807) is 0 Å². The number of nitrogens with zero attached hydrogens (tertiary/aromatic N) is 1. The van der Waals surface area contributed by atoms with Crippen molar-refractivity contribution in [2.75, 3.05) is 33.3 Å². The summed E-state index contributed by atoms with van der Waals surface area (Å²) < 4.78 is 5.15. The van der Waals surface area contributed by atoms with Gasteiger partial charge in [0.25, 0.3) is 0 Å². The molecule has 0 bridgehead atoms. The Bertz CT molecular complexity index is 234. The topological polar surface area (TPSA) is 41.6 Å². The number of likely N-dealkylation sites (N-methyl/N-ethyl adjacent to an activating group) is 1. The molecule has 108 valence electrons. The van der Waals surface area contributed by atoms with Crippen molar-refractivity contribution in [2.45, 2.75) is 52.5 Å². The van der Waals surface area contributed by atoms with Crippen LogP contribution < -0.4 is 5.32 Å². The number of hydrogen-bond donors (Lipinski definition) is 1. The number of carbonyl (C=O) groups is 1. The van der Waals surface area contributed by atoms with Crippen LogP contribution >= 0.6 is 0 Å². The fourth-order valence-electron chi connectivity index (χ4n) is 2.14. The lowest BCUT2D eigenvalue weighted by Gasteiger charge is -2.29. The van der Waals surface area contributed by atoms with Crippen molar-refractivity contribution in [3.63, 3.8) is 0 Å². The van der Waals surface area contributed by atoms with Gasteiger partial charge in [-0.1, -0.05) is 13.8 Å². The molecule has 18 heavy (non-hydrogen) atoms. The number of carbonyl (C=O) groups excluding carboxylic acids is 1. The van der Waals surface area contributed by atoms with E-state index in [0.717, 1.165) is 32.5 Å². The SMILES string of the molecule is CCCN(C)CCCC(C)(NCC)C(=O)OCC. The summed E-state index contributed by atoms with van der Waals surface area (Å²) in [5, 5.41) is 3.26. The Balaban J connectivity index is 4.21. The van der Waals surface area contributed by atoms with Gasteiger partial charge in [-0.15, -0.1) is 0 Å². The average molecular weight is 258 g/mol. The van der Waals surface area contributed by atoms with Gasteiger partial charge in [-0.2, -0.15) is 0 Å². The zero-order chi connectivity index (χ0) is 14.0. The standard InChI is InChI=1S/C14H30N2O2/c1-6-11-16(5)12-9-10-14(4,15-7-2)13(17)18-8-3/h15H,6-12H2,1-5H3. The highest BCUT2D eigenvalue weighted by Gasteiger charge is 2.33. The molecule has 0 saturated heterocycles. The maximum Gasteiger partial charge on any atom is 0.326 e. The number of nitrogens with one attached hydrogen (secondary N) is 1. The lowest BCUT2D eigenvalue weighted by atomic mass is 9.95. The maximum absolute atomic E-state index is 12.0. The highest BCUT2D eigenvalue weighted by atomic mass is 16.5. The number of hydrogen-bond acceptors (Lipinski definition) is 4. The largest absolute Gasteiger partial charge is 0.465 e. The summed E-state index contributed by atoms with van der Waals surface area (Å²) in [6, 6.07) is 0. The zero-order valence-corrected chi connectivity index (χ0v) is 12.7. The molecule has 0 rings (SSSR count). The minimum absolute atomic E-state index is 0.134. The van der Waals surface area contributed by atoms with Gasteiger partial charge in [0, 0.05) is 0 Å². The minimum Gasteiger partial charge on any atom is -0.465 e. The second-order valence-corrected chi connectivity index (χ2v) is 4.99. The Hall–Kier alpha value is -0.610. The van der Waals surface area contributed by atoms with Crippen LogP contribution in [0, 0.1) is 0 Å². The highest BCUT2D eigenvalue weighted by Crippen LogP contribution is 2.15. The molecule has 1 N–H and O–H groups in total. The molecule has 0 aliphatic heterocycles. The van der Waals surface area contributed by atoms with Crippen LogP contribution in [0.1, 0.15) is 47.0 Å². The molecule has 4 heteroatoms. The molecule has 4 nitrogen and oxygen atoms in total. The van der Waals surface area contributed by atoms with Crippen LogP contribution in [-0.2, 0) is 9.53 Å². The van der Waals surface area contributed by atoms with Gasteiger partial charge in [0.2, 0.25) is 0 Å². The summed E-state index contributed by atoms with van der Waals surface area (Å²) in [5.41, 5.74) is -0.544. The van der Waals surface area contributed by atoms with Crippen molar-refractivity contribution in [1.29, 1.82) is 0 Å². The predicted octanol–water partition coefficient (Wildman–Crippen LogP) is 2.04. The van der Waals surface area contributed by atoms with Crippen molar-refractivity contribution in [1.82, 2.24) is 10.2 Å². The van der Waals surface area contributed by atoms with Crippen molar-refractivity contribution in [2.24, 2.45) is 0 Å². The van der Waals surface area contributed by atoms with Gasteiger partial charge in [-0.05, 0) is 59.8 Å². The zero-order valence-electron chi connectivity index (χ0n) is 12.7. The molecule has 0 radical (unpaired) electrons. The highest BCUT2D eigenvalue weighted by molar-refractivity contribution is 5.80. The van der Waals surface area contributed by atoms with E-state index in [4.69, 9.17) is 4.74 Å². The van der Waals surface area contributed by atoms with Gasteiger partial charge in [-0.25, -0.2) is 0 Å². The number of ether oxygens (including phenoxy) is 1. The molecule has 0 fully saturated rings. The molecule has 0 aromatic carbocycles. The average Bonchev–Trinajstić information content (AvgIpc) is 2.30. The molecule has 0 aromatic rings. The summed E-state index contributed by atoms with van der Waals surface area (Å²) in [6.45, 7) is 11.3. The van der Waals surface area contributed by atoms with Gasteiger partial charge >= 0.3 is 5.97 Å². The summed E-state index contributed by atoms with van der Waals surface area (Å²) in [5.74, 6) is -0.134. The van der Waals surface area contributed by atoms with Crippen LogP contribution in [0.25, 0.3) is 0 Å². The molecule has 0 amide bonds. The van der Waals surface area contributed by atoms with Gasteiger partial charge in [-0.3, -0.25) is 4.79 Å². The Morgan fingerprint density at radius 3 is 2.44 bits per heavy atom. The molecular formula is C14H30N2O2. The maximum atomic E-state index is 12.0. The third-order valence-electron chi connectivity index (χ3n) is 3.11. The number of esters is 1. The molecule has 0 aromatic heterocycles. The molecule has 0 heterocycles. The first-order chi connectivity index (χ1) is 8.50. The molecule has 0 spiro atoms. The third-order valence-corrected chi connectivity index (χ3v) is 3.11. The summed E-state index contributed by atoms with van der Waals surface area (Å²) in [7, 11) is 2.12. The van der Waals surface area contributed by atoms with Crippen LogP contribution in [0.4, 0.5) is 0 Å². The summed E-state index contributed by atoms with van der Waals surface area (Å²) in [4.78, 5) is 14.3. The fraction of sp³-hybridized carbons (Fsp3) is 0.929. The smallest absolute Gasteiger partial charge is 0.326 e. The normalized spacial score (nSPS) is 14.6. The molecule has 1 atom stereocenters. The summed E-state index contributed by atoms with van der Waals surface area (Å²) in [6.07, 6.45) is 2.98. The molecular weight excluding hydrogens is 228 g/mol. The molecule has 1 unspecified atom stereocenters. The quantitative estimate of drug-likeness (QED) is 0.609. The Labute approximate surface area is 112 Å². The minimum atomic E-state index is -0.544. The molecule has 0 saturated carbocycles. The Kier molecular flexibility index (Phi) is 9.02. The first kappa shape index (κ1) is 17.4. The van der Waals surface area contributed by atoms with E-state index in [2.05, 4.69) is 24.2 Å². The van der Waals surface area contributed by atoms with Gasteiger partial charge in [0.15, 0.2) is 0 Å². The van der Waals surface area contributed by atoms with Crippen molar-refractivity contribution in [3.8, 4) is 0 Å². The fourth-order valence-corrected chi connectivity index (χ4v) is 2.14. The van der Waals surface area contributed by atoms with Crippen molar-refractivity contribution in [3.05, 3.63) is 0 Å². The van der Waals surface area contributed by atoms with E-state index in [1.807, 2.05) is 20.8 Å². The predicted molar refractivity (Wildman–Crippen MR) is 75.7 cm³/mol. The van der Waals surface area contributed by atoms with Gasteiger partial charge < -0.3 is 15.0 Å². The Morgan fingerprint density at radius 2 is 1.94 bits per heavy atom. The van der Waals surface area contributed by atoms with E-state index >= 15 is 0 Å². The van der Waals surface area contributed by atoms with E-state index in [1.165, 1.54) is 6.42 Å². The van der Waals surface area contributed by atoms with Crippen LogP contribution in [0.15, 0.2) is 0 Å². The van der Waals surface area contributed by atoms with E-state index in [0.29, 0.717) is 6.61 Å². The molecule has 0 aliphatic rings. The second kappa shape index (κ2) is 9.34. The van der Waals surface area contributed by atoms with Crippen molar-refractivity contribution < 1.29 is 9.53 Å². The lowest BCUT2D eigenvalue weighted by Crippen LogP contribution is -2.50. The van der Waals surface area contributed by atoms with E-state index < -0.39 is 5.54 Å². The van der Waals surface area contributed by atoms with E-state index in [9.17, 15) is 4.79 Å². The van der Waals surface area contributed by atoms with Crippen LogP contribution in [0.2, 0.25) is 0 Å². The lowest BCUT2D eigenvalue weighted by molar-refractivity contribution is -0.150. The van der Waals surface area contributed by atoms with Crippen LogP contribution in [0.3, 0.4) is 0 Å².